The molecule has 1 saturated carbocycles. The third-order valence-electron chi connectivity index (χ3n) is 3.30. The number of hydrogen-bond donors (Lipinski definition) is 2. The van der Waals surface area contributed by atoms with Crippen molar-refractivity contribution in [1.29, 1.82) is 0 Å². The lowest BCUT2D eigenvalue weighted by atomic mass is 10.0. The minimum atomic E-state index is -3.24. The van der Waals surface area contributed by atoms with Crippen molar-refractivity contribution in [2.75, 3.05) is 26.8 Å². The lowest BCUT2D eigenvalue weighted by Crippen LogP contribution is -2.39. The van der Waals surface area contributed by atoms with Crippen molar-refractivity contribution in [3.05, 3.63) is 0 Å². The number of methoxy groups -OCH3 is 1. The molecule has 0 amide bonds. The molecular formula is C10H22N2O3S. The Bertz CT molecular complexity index is 312. The molecule has 0 radical (unpaired) electrons. The molecule has 0 bridgehead atoms. The summed E-state index contributed by atoms with van der Waals surface area (Å²) in [6, 6.07) is 0. The molecule has 16 heavy (non-hydrogen) atoms. The standard InChI is InChI=1S/C10H22N2O3S/c1-9(7-11)16(13,14)12-8-10(3-4-10)5-6-15-2/h9,12H,3-8,11H2,1-2H3. The highest BCUT2D eigenvalue weighted by Crippen LogP contribution is 2.48. The van der Waals surface area contributed by atoms with E-state index in [0.717, 1.165) is 19.3 Å². The summed E-state index contributed by atoms with van der Waals surface area (Å²) in [5, 5.41) is -0.522. The Labute approximate surface area is 97.8 Å². The first-order chi connectivity index (χ1) is 7.46. The lowest BCUT2D eigenvalue weighted by Gasteiger charge is -2.17. The van der Waals surface area contributed by atoms with Crippen LogP contribution in [0.3, 0.4) is 0 Å². The monoisotopic (exact) mass is 250 g/mol. The lowest BCUT2D eigenvalue weighted by molar-refractivity contribution is 0.173. The van der Waals surface area contributed by atoms with Gasteiger partial charge >= 0.3 is 0 Å². The van der Waals surface area contributed by atoms with Crippen molar-refractivity contribution >= 4 is 10.0 Å². The minimum absolute atomic E-state index is 0.136. The molecule has 6 heteroatoms. The van der Waals surface area contributed by atoms with E-state index in [2.05, 4.69) is 4.72 Å². The van der Waals surface area contributed by atoms with Crippen molar-refractivity contribution in [3.63, 3.8) is 0 Å². The molecule has 0 aromatic rings. The van der Waals surface area contributed by atoms with Crippen LogP contribution in [0.25, 0.3) is 0 Å². The fourth-order valence-electron chi connectivity index (χ4n) is 1.53. The maximum absolute atomic E-state index is 11.7. The Hall–Kier alpha value is -0.170. The second kappa shape index (κ2) is 5.44. The third-order valence-corrected chi connectivity index (χ3v) is 5.10. The quantitative estimate of drug-likeness (QED) is 0.639. The van der Waals surface area contributed by atoms with Gasteiger partial charge in [-0.2, -0.15) is 0 Å². The van der Waals surface area contributed by atoms with Gasteiger partial charge in [-0.25, -0.2) is 13.1 Å². The van der Waals surface area contributed by atoms with E-state index in [-0.39, 0.29) is 12.0 Å². The Morgan fingerprint density at radius 2 is 2.12 bits per heavy atom. The van der Waals surface area contributed by atoms with Crippen LogP contribution in [0, 0.1) is 5.41 Å². The smallest absolute Gasteiger partial charge is 0.215 e. The zero-order valence-electron chi connectivity index (χ0n) is 10.0. The summed E-state index contributed by atoms with van der Waals surface area (Å²) in [4.78, 5) is 0. The average Bonchev–Trinajstić information content (AvgIpc) is 3.03. The third kappa shape index (κ3) is 3.69. The van der Waals surface area contributed by atoms with E-state index in [1.54, 1.807) is 14.0 Å². The molecule has 1 aliphatic rings. The topological polar surface area (TPSA) is 81.4 Å². The Morgan fingerprint density at radius 3 is 2.56 bits per heavy atom. The molecule has 0 aromatic carbocycles. The molecule has 1 rings (SSSR count). The first-order valence-electron chi connectivity index (χ1n) is 5.63. The van der Waals surface area contributed by atoms with Crippen LogP contribution in [0.1, 0.15) is 26.2 Å². The fraction of sp³-hybridized carbons (Fsp3) is 1.00. The summed E-state index contributed by atoms with van der Waals surface area (Å²) < 4.78 is 31.1. The number of sulfonamides is 1. The molecule has 5 nitrogen and oxygen atoms in total. The van der Waals surface area contributed by atoms with Gasteiger partial charge in [0.1, 0.15) is 0 Å². The van der Waals surface area contributed by atoms with E-state index in [1.165, 1.54) is 0 Å². The van der Waals surface area contributed by atoms with Crippen molar-refractivity contribution in [2.24, 2.45) is 11.1 Å². The second-order valence-electron chi connectivity index (χ2n) is 4.66. The number of hydrogen-bond acceptors (Lipinski definition) is 4. The Morgan fingerprint density at radius 1 is 1.50 bits per heavy atom. The molecular weight excluding hydrogens is 228 g/mol. The zero-order valence-corrected chi connectivity index (χ0v) is 10.8. The van der Waals surface area contributed by atoms with Crippen LogP contribution in [-0.4, -0.2) is 40.5 Å². The maximum atomic E-state index is 11.7. The summed E-state index contributed by atoms with van der Waals surface area (Å²) in [6.45, 7) is 2.98. The molecule has 0 aliphatic heterocycles. The summed E-state index contributed by atoms with van der Waals surface area (Å²) in [6.07, 6.45) is 3.08. The number of rotatable bonds is 8. The van der Waals surface area contributed by atoms with Gasteiger partial charge < -0.3 is 10.5 Å². The molecule has 0 spiro atoms. The first kappa shape index (κ1) is 13.9. The SMILES string of the molecule is COCCC1(CNS(=O)(=O)C(C)CN)CC1. The van der Waals surface area contributed by atoms with E-state index in [1.807, 2.05) is 0 Å². The molecule has 96 valence electrons. The van der Waals surface area contributed by atoms with E-state index in [4.69, 9.17) is 10.5 Å². The predicted octanol–water partition coefficient (Wildman–Crippen LogP) is 0.0697. The molecule has 1 atom stereocenters. The zero-order chi connectivity index (χ0) is 12.2. The summed E-state index contributed by atoms with van der Waals surface area (Å²) in [5.41, 5.74) is 5.49. The van der Waals surface area contributed by atoms with E-state index >= 15 is 0 Å². The number of ether oxygens (including phenoxy) is 1. The normalized spacial score (nSPS) is 20.7. The molecule has 0 heterocycles. The van der Waals surface area contributed by atoms with Crippen LogP contribution < -0.4 is 10.5 Å². The molecule has 1 unspecified atom stereocenters. The highest BCUT2D eigenvalue weighted by atomic mass is 32.2. The summed E-state index contributed by atoms with van der Waals surface area (Å²) >= 11 is 0. The van der Waals surface area contributed by atoms with Gasteiger partial charge in [0.25, 0.3) is 0 Å². The van der Waals surface area contributed by atoms with Gasteiger partial charge in [0.05, 0.1) is 5.25 Å². The van der Waals surface area contributed by atoms with Crippen molar-refractivity contribution in [3.8, 4) is 0 Å². The van der Waals surface area contributed by atoms with Crippen molar-refractivity contribution < 1.29 is 13.2 Å². The summed E-state index contributed by atoms with van der Waals surface area (Å²) in [5.74, 6) is 0. The summed E-state index contributed by atoms with van der Waals surface area (Å²) in [7, 11) is -1.58. The molecule has 1 fully saturated rings. The Balaban J connectivity index is 2.39. The average molecular weight is 250 g/mol. The van der Waals surface area contributed by atoms with E-state index in [0.29, 0.717) is 13.2 Å². The second-order valence-corrected chi connectivity index (χ2v) is 6.84. The van der Waals surface area contributed by atoms with Gasteiger partial charge in [-0.05, 0) is 31.6 Å². The van der Waals surface area contributed by atoms with E-state index < -0.39 is 15.3 Å². The van der Waals surface area contributed by atoms with Crippen LogP contribution in [0.2, 0.25) is 0 Å². The van der Waals surface area contributed by atoms with Crippen molar-refractivity contribution in [1.82, 2.24) is 4.72 Å². The highest BCUT2D eigenvalue weighted by Gasteiger charge is 2.42. The van der Waals surface area contributed by atoms with Gasteiger partial charge in [0, 0.05) is 26.8 Å². The van der Waals surface area contributed by atoms with Gasteiger partial charge in [0.2, 0.25) is 10.0 Å². The predicted molar refractivity (Wildman–Crippen MR) is 63.6 cm³/mol. The first-order valence-corrected chi connectivity index (χ1v) is 7.18. The minimum Gasteiger partial charge on any atom is -0.385 e. The maximum Gasteiger partial charge on any atom is 0.215 e. The molecule has 0 saturated heterocycles. The molecule has 0 aromatic heterocycles. The van der Waals surface area contributed by atoms with Gasteiger partial charge in [0.15, 0.2) is 0 Å². The fourth-order valence-corrected chi connectivity index (χ4v) is 2.58. The van der Waals surface area contributed by atoms with Crippen LogP contribution in [0.4, 0.5) is 0 Å². The van der Waals surface area contributed by atoms with Crippen LogP contribution in [-0.2, 0) is 14.8 Å². The molecule has 3 N–H and O–H groups in total. The Kier molecular flexibility index (Phi) is 4.73. The van der Waals surface area contributed by atoms with E-state index in [9.17, 15) is 8.42 Å². The van der Waals surface area contributed by atoms with Crippen LogP contribution in [0.5, 0.6) is 0 Å². The van der Waals surface area contributed by atoms with Gasteiger partial charge in [-0.1, -0.05) is 0 Å². The molecule has 1 aliphatic carbocycles. The van der Waals surface area contributed by atoms with Crippen molar-refractivity contribution in [2.45, 2.75) is 31.4 Å². The number of nitrogens with two attached hydrogens (primary N) is 1. The van der Waals surface area contributed by atoms with Crippen LogP contribution in [0.15, 0.2) is 0 Å². The highest BCUT2D eigenvalue weighted by molar-refractivity contribution is 7.90. The van der Waals surface area contributed by atoms with Crippen LogP contribution >= 0.6 is 0 Å². The van der Waals surface area contributed by atoms with Gasteiger partial charge in [-0.3, -0.25) is 0 Å². The number of nitrogens with one attached hydrogen (secondary N) is 1. The van der Waals surface area contributed by atoms with Gasteiger partial charge in [-0.15, -0.1) is 0 Å². The largest absolute Gasteiger partial charge is 0.385 e.